The third-order valence-electron chi connectivity index (χ3n) is 3.94. The van der Waals surface area contributed by atoms with E-state index in [1.807, 2.05) is 7.05 Å². The molecule has 0 aromatic heterocycles. The van der Waals surface area contributed by atoms with Gasteiger partial charge in [-0.2, -0.15) is 0 Å². The zero-order valence-electron chi connectivity index (χ0n) is 13.6. The molecule has 2 N–H and O–H groups in total. The minimum Gasteiger partial charge on any atom is -0.356 e. The summed E-state index contributed by atoms with van der Waals surface area (Å²) < 4.78 is 0. The van der Waals surface area contributed by atoms with E-state index in [4.69, 9.17) is 0 Å². The van der Waals surface area contributed by atoms with Gasteiger partial charge < -0.3 is 15.5 Å². The van der Waals surface area contributed by atoms with Crippen molar-refractivity contribution in [3.63, 3.8) is 0 Å². The lowest BCUT2D eigenvalue weighted by Gasteiger charge is -2.24. The summed E-state index contributed by atoms with van der Waals surface area (Å²) in [4.78, 5) is 6.74. The maximum absolute atomic E-state index is 4.26. The highest BCUT2D eigenvalue weighted by molar-refractivity contribution is 14.0. The van der Waals surface area contributed by atoms with E-state index in [0.717, 1.165) is 37.6 Å². The standard InChI is InChI=1S/C15H32N4.HI/c1-13(2)9-10-17-15(16-3)18-11-12-19(4)14-7-5-6-8-14;/h13-14H,5-12H2,1-4H3,(H2,16,17,18);1H. The molecule has 0 atom stereocenters. The zero-order valence-corrected chi connectivity index (χ0v) is 15.9. The fourth-order valence-electron chi connectivity index (χ4n) is 2.58. The SMILES string of the molecule is CN=C(NCCC(C)C)NCCN(C)C1CCCC1.I. The molecule has 0 aliphatic heterocycles. The van der Waals surface area contributed by atoms with Crippen molar-refractivity contribution in [1.29, 1.82) is 0 Å². The third-order valence-corrected chi connectivity index (χ3v) is 3.94. The van der Waals surface area contributed by atoms with E-state index >= 15 is 0 Å². The average molecular weight is 396 g/mol. The van der Waals surface area contributed by atoms with Crippen molar-refractivity contribution in [2.75, 3.05) is 33.7 Å². The number of hydrogen-bond donors (Lipinski definition) is 2. The van der Waals surface area contributed by atoms with E-state index in [0.29, 0.717) is 0 Å². The Hall–Kier alpha value is -0.0400. The molecular weight excluding hydrogens is 363 g/mol. The molecule has 0 bridgehead atoms. The van der Waals surface area contributed by atoms with Crippen LogP contribution in [0.5, 0.6) is 0 Å². The molecule has 0 amide bonds. The van der Waals surface area contributed by atoms with Gasteiger partial charge in [-0.3, -0.25) is 4.99 Å². The second kappa shape index (κ2) is 11.6. The topological polar surface area (TPSA) is 39.7 Å². The summed E-state index contributed by atoms with van der Waals surface area (Å²) in [6.45, 7) is 7.54. The number of hydrogen-bond acceptors (Lipinski definition) is 2. The number of likely N-dealkylation sites (N-methyl/N-ethyl adjacent to an activating group) is 1. The monoisotopic (exact) mass is 396 g/mol. The molecule has 0 aromatic rings. The van der Waals surface area contributed by atoms with Crippen LogP contribution >= 0.6 is 24.0 Å². The average Bonchev–Trinajstić information content (AvgIpc) is 2.90. The largest absolute Gasteiger partial charge is 0.356 e. The molecule has 1 aliphatic carbocycles. The number of rotatable bonds is 7. The van der Waals surface area contributed by atoms with Crippen LogP contribution in [0.3, 0.4) is 0 Å². The van der Waals surface area contributed by atoms with E-state index in [1.165, 1.54) is 32.1 Å². The Kier molecular flexibility index (Phi) is 11.6. The van der Waals surface area contributed by atoms with Gasteiger partial charge in [-0.25, -0.2) is 0 Å². The number of nitrogens with one attached hydrogen (secondary N) is 2. The van der Waals surface area contributed by atoms with Crippen LogP contribution in [-0.4, -0.2) is 50.6 Å². The first-order valence-electron chi connectivity index (χ1n) is 7.78. The van der Waals surface area contributed by atoms with Gasteiger partial charge in [-0.05, 0) is 32.2 Å². The zero-order chi connectivity index (χ0) is 14.1. The van der Waals surface area contributed by atoms with Crippen molar-refractivity contribution in [2.24, 2.45) is 10.9 Å². The Morgan fingerprint density at radius 3 is 2.35 bits per heavy atom. The highest BCUT2D eigenvalue weighted by atomic mass is 127. The van der Waals surface area contributed by atoms with Crippen LogP contribution in [0.15, 0.2) is 4.99 Å². The number of nitrogens with zero attached hydrogens (tertiary/aromatic N) is 2. The van der Waals surface area contributed by atoms with Crippen molar-refractivity contribution in [2.45, 2.75) is 52.0 Å². The molecule has 4 nitrogen and oxygen atoms in total. The molecule has 1 aliphatic rings. The Morgan fingerprint density at radius 1 is 1.20 bits per heavy atom. The van der Waals surface area contributed by atoms with E-state index in [2.05, 4.69) is 41.4 Å². The lowest BCUT2D eigenvalue weighted by Crippen LogP contribution is -2.42. The molecule has 20 heavy (non-hydrogen) atoms. The van der Waals surface area contributed by atoms with Crippen LogP contribution in [0.1, 0.15) is 46.0 Å². The second-order valence-electron chi connectivity index (χ2n) is 6.03. The molecule has 0 saturated heterocycles. The van der Waals surface area contributed by atoms with Gasteiger partial charge >= 0.3 is 0 Å². The van der Waals surface area contributed by atoms with E-state index in [-0.39, 0.29) is 24.0 Å². The highest BCUT2D eigenvalue weighted by Crippen LogP contribution is 2.21. The number of halogens is 1. The van der Waals surface area contributed by atoms with Crippen LogP contribution < -0.4 is 10.6 Å². The van der Waals surface area contributed by atoms with Crippen molar-refractivity contribution in [1.82, 2.24) is 15.5 Å². The fourth-order valence-corrected chi connectivity index (χ4v) is 2.58. The first-order chi connectivity index (χ1) is 9.13. The van der Waals surface area contributed by atoms with Crippen molar-refractivity contribution >= 4 is 29.9 Å². The first kappa shape index (κ1) is 20.0. The van der Waals surface area contributed by atoms with Gasteiger partial charge in [0.2, 0.25) is 0 Å². The predicted octanol–water partition coefficient (Wildman–Crippen LogP) is 2.69. The summed E-state index contributed by atoms with van der Waals surface area (Å²) >= 11 is 0. The van der Waals surface area contributed by atoms with Gasteiger partial charge in [0, 0.05) is 32.7 Å². The Labute approximate surface area is 142 Å². The summed E-state index contributed by atoms with van der Waals surface area (Å²) in [5.41, 5.74) is 0. The highest BCUT2D eigenvalue weighted by Gasteiger charge is 2.18. The normalized spacial score (nSPS) is 16.6. The molecule has 0 heterocycles. The summed E-state index contributed by atoms with van der Waals surface area (Å²) in [7, 11) is 4.08. The van der Waals surface area contributed by atoms with Crippen molar-refractivity contribution in [3.05, 3.63) is 0 Å². The number of guanidine groups is 1. The van der Waals surface area contributed by atoms with Crippen LogP contribution in [0.4, 0.5) is 0 Å². The van der Waals surface area contributed by atoms with Crippen molar-refractivity contribution in [3.8, 4) is 0 Å². The predicted molar refractivity (Wildman–Crippen MR) is 99.1 cm³/mol. The molecule has 1 saturated carbocycles. The smallest absolute Gasteiger partial charge is 0.191 e. The maximum atomic E-state index is 4.26. The number of aliphatic imine (C=N–C) groups is 1. The third kappa shape index (κ3) is 8.29. The summed E-state index contributed by atoms with van der Waals surface area (Å²) in [6.07, 6.45) is 6.74. The van der Waals surface area contributed by atoms with Gasteiger partial charge in [0.1, 0.15) is 0 Å². The van der Waals surface area contributed by atoms with Gasteiger partial charge in [-0.15, -0.1) is 24.0 Å². The fraction of sp³-hybridized carbons (Fsp3) is 0.933. The molecular formula is C15H33IN4. The summed E-state index contributed by atoms with van der Waals surface area (Å²) in [6, 6.07) is 0.803. The summed E-state index contributed by atoms with van der Waals surface area (Å²) in [5, 5.41) is 6.76. The van der Waals surface area contributed by atoms with Crippen LogP contribution in [0.25, 0.3) is 0 Å². The summed E-state index contributed by atoms with van der Waals surface area (Å²) in [5.74, 6) is 1.67. The van der Waals surface area contributed by atoms with Crippen LogP contribution in [0.2, 0.25) is 0 Å². The Morgan fingerprint density at radius 2 is 1.80 bits per heavy atom. The van der Waals surface area contributed by atoms with E-state index < -0.39 is 0 Å². The molecule has 0 radical (unpaired) electrons. The quantitative estimate of drug-likeness (QED) is 0.395. The second-order valence-corrected chi connectivity index (χ2v) is 6.03. The molecule has 120 valence electrons. The minimum absolute atomic E-state index is 0. The van der Waals surface area contributed by atoms with E-state index in [1.54, 1.807) is 0 Å². The maximum Gasteiger partial charge on any atom is 0.191 e. The van der Waals surface area contributed by atoms with Gasteiger partial charge in [0.05, 0.1) is 0 Å². The van der Waals surface area contributed by atoms with Crippen molar-refractivity contribution < 1.29 is 0 Å². The lowest BCUT2D eigenvalue weighted by atomic mass is 10.1. The van der Waals surface area contributed by atoms with Gasteiger partial charge in [-0.1, -0.05) is 26.7 Å². The van der Waals surface area contributed by atoms with Gasteiger partial charge in [0.25, 0.3) is 0 Å². The Balaban J connectivity index is 0.00000361. The van der Waals surface area contributed by atoms with Gasteiger partial charge in [0.15, 0.2) is 5.96 Å². The lowest BCUT2D eigenvalue weighted by molar-refractivity contribution is 0.249. The molecule has 0 unspecified atom stereocenters. The molecule has 0 aromatic carbocycles. The molecule has 1 fully saturated rings. The van der Waals surface area contributed by atoms with Crippen LogP contribution in [-0.2, 0) is 0 Å². The van der Waals surface area contributed by atoms with E-state index in [9.17, 15) is 0 Å². The molecule has 1 rings (SSSR count). The molecule has 0 spiro atoms. The first-order valence-corrected chi connectivity index (χ1v) is 7.78. The minimum atomic E-state index is 0. The molecule has 5 heteroatoms. The Bertz CT molecular complexity index is 263. The van der Waals surface area contributed by atoms with Crippen LogP contribution in [0, 0.1) is 5.92 Å².